The Morgan fingerprint density at radius 2 is 2.22 bits per heavy atom. The van der Waals surface area contributed by atoms with E-state index in [1.165, 1.54) is 0 Å². The minimum Gasteiger partial charge on any atom is -0.385 e. The molecule has 0 aliphatic carbocycles. The first-order valence-corrected chi connectivity index (χ1v) is 5.64. The molecule has 1 aromatic rings. The maximum Gasteiger partial charge on any atom is 0.265 e. The van der Waals surface area contributed by atoms with E-state index in [1.807, 2.05) is 19.9 Å². The number of aryl methyl sites for hydroxylation is 3. The molecule has 0 saturated carbocycles. The molecule has 1 heterocycles. The van der Waals surface area contributed by atoms with Crippen molar-refractivity contribution in [3.63, 3.8) is 0 Å². The van der Waals surface area contributed by atoms with Crippen molar-refractivity contribution < 1.29 is 18.7 Å². The van der Waals surface area contributed by atoms with E-state index in [0.29, 0.717) is 6.54 Å². The maximum atomic E-state index is 12.0. The smallest absolute Gasteiger partial charge is 0.265 e. The number of amides is 1. The van der Waals surface area contributed by atoms with Gasteiger partial charge in [0.1, 0.15) is 6.10 Å². The van der Waals surface area contributed by atoms with Crippen LogP contribution in [-0.4, -0.2) is 39.9 Å². The summed E-state index contributed by atoms with van der Waals surface area (Å²) in [5.41, 5.74) is 1.80. The van der Waals surface area contributed by atoms with Crippen molar-refractivity contribution in [1.82, 2.24) is 15.1 Å². The van der Waals surface area contributed by atoms with Crippen molar-refractivity contribution in [1.29, 1.82) is 0 Å². The predicted octanol–water partition coefficient (Wildman–Crippen LogP) is 0.632. The topological polar surface area (TPSA) is 67.2 Å². The number of carbonyl (C=O) groups is 1. The molecule has 0 aliphatic rings. The van der Waals surface area contributed by atoms with Crippen LogP contribution in [0.3, 0.4) is 0 Å². The van der Waals surface area contributed by atoms with E-state index in [1.54, 1.807) is 4.68 Å². The molecule has 1 aromatic heterocycles. The Morgan fingerprint density at radius 1 is 1.56 bits per heavy atom. The highest BCUT2D eigenvalue weighted by Crippen LogP contribution is 2.03. The SMILES string of the molecule is Cc1cc(C)n(CCC(=O)NCC(O)C(F)F)n1. The van der Waals surface area contributed by atoms with E-state index < -0.39 is 19.1 Å². The molecule has 102 valence electrons. The van der Waals surface area contributed by atoms with Gasteiger partial charge in [-0.05, 0) is 19.9 Å². The lowest BCUT2D eigenvalue weighted by molar-refractivity contribution is -0.122. The summed E-state index contributed by atoms with van der Waals surface area (Å²) in [6.07, 6.45) is -4.53. The molecule has 0 aliphatic heterocycles. The Labute approximate surface area is 104 Å². The zero-order chi connectivity index (χ0) is 13.7. The Hall–Kier alpha value is -1.50. The number of aromatic nitrogens is 2. The molecule has 0 radical (unpaired) electrons. The molecule has 5 nitrogen and oxygen atoms in total. The summed E-state index contributed by atoms with van der Waals surface area (Å²) in [4.78, 5) is 11.4. The Kier molecular flexibility index (Phi) is 5.21. The van der Waals surface area contributed by atoms with Crippen molar-refractivity contribution in [2.24, 2.45) is 0 Å². The molecular weight excluding hydrogens is 244 g/mol. The number of rotatable bonds is 6. The maximum absolute atomic E-state index is 12.0. The van der Waals surface area contributed by atoms with Crippen LogP contribution in [0.1, 0.15) is 17.8 Å². The van der Waals surface area contributed by atoms with Crippen LogP contribution in [-0.2, 0) is 11.3 Å². The zero-order valence-corrected chi connectivity index (χ0v) is 10.4. The van der Waals surface area contributed by atoms with Crippen LogP contribution in [0.25, 0.3) is 0 Å². The minimum atomic E-state index is -2.85. The summed E-state index contributed by atoms with van der Waals surface area (Å²) < 4.78 is 25.6. The third-order valence-electron chi connectivity index (χ3n) is 2.45. The van der Waals surface area contributed by atoms with Gasteiger partial charge in [-0.2, -0.15) is 5.10 Å². The first kappa shape index (κ1) is 14.6. The van der Waals surface area contributed by atoms with Gasteiger partial charge in [-0.3, -0.25) is 9.48 Å². The van der Waals surface area contributed by atoms with Gasteiger partial charge in [-0.1, -0.05) is 0 Å². The fraction of sp³-hybridized carbons (Fsp3) is 0.636. The highest BCUT2D eigenvalue weighted by Gasteiger charge is 2.17. The summed E-state index contributed by atoms with van der Waals surface area (Å²) in [5.74, 6) is -0.387. The van der Waals surface area contributed by atoms with Crippen LogP contribution in [0, 0.1) is 13.8 Å². The number of halogens is 2. The molecule has 1 unspecified atom stereocenters. The quantitative estimate of drug-likeness (QED) is 0.789. The second-order valence-electron chi connectivity index (χ2n) is 4.11. The van der Waals surface area contributed by atoms with Gasteiger partial charge in [0.25, 0.3) is 6.43 Å². The fourth-order valence-electron chi connectivity index (χ4n) is 1.50. The second kappa shape index (κ2) is 6.44. The Balaban J connectivity index is 2.31. The molecule has 1 atom stereocenters. The van der Waals surface area contributed by atoms with E-state index in [2.05, 4.69) is 10.4 Å². The number of aliphatic hydroxyl groups is 1. The van der Waals surface area contributed by atoms with Gasteiger partial charge >= 0.3 is 0 Å². The van der Waals surface area contributed by atoms with E-state index in [4.69, 9.17) is 5.11 Å². The summed E-state index contributed by atoms with van der Waals surface area (Å²) in [7, 11) is 0. The van der Waals surface area contributed by atoms with Crippen LogP contribution in [0.5, 0.6) is 0 Å². The Morgan fingerprint density at radius 3 is 2.72 bits per heavy atom. The summed E-state index contributed by atoms with van der Waals surface area (Å²) in [6, 6.07) is 1.89. The highest BCUT2D eigenvalue weighted by molar-refractivity contribution is 5.75. The van der Waals surface area contributed by atoms with Crippen LogP contribution in [0.2, 0.25) is 0 Å². The monoisotopic (exact) mass is 261 g/mol. The normalized spacial score (nSPS) is 12.8. The third-order valence-corrected chi connectivity index (χ3v) is 2.45. The van der Waals surface area contributed by atoms with Crippen molar-refractivity contribution in [3.05, 3.63) is 17.5 Å². The average Bonchev–Trinajstić information content (AvgIpc) is 2.61. The highest BCUT2D eigenvalue weighted by atomic mass is 19.3. The van der Waals surface area contributed by atoms with Crippen LogP contribution in [0.15, 0.2) is 6.07 Å². The minimum absolute atomic E-state index is 0.137. The van der Waals surface area contributed by atoms with Crippen LogP contribution >= 0.6 is 0 Å². The first-order valence-electron chi connectivity index (χ1n) is 5.64. The first-order chi connectivity index (χ1) is 8.40. The molecule has 0 saturated heterocycles. The molecule has 7 heteroatoms. The van der Waals surface area contributed by atoms with Crippen molar-refractivity contribution in [3.8, 4) is 0 Å². The third kappa shape index (κ3) is 4.40. The number of hydrogen-bond donors (Lipinski definition) is 2. The average molecular weight is 261 g/mol. The largest absolute Gasteiger partial charge is 0.385 e. The molecule has 1 rings (SSSR count). The lowest BCUT2D eigenvalue weighted by Crippen LogP contribution is -2.36. The van der Waals surface area contributed by atoms with Crippen LogP contribution < -0.4 is 5.32 Å². The number of aliphatic hydroxyl groups excluding tert-OH is 1. The molecule has 18 heavy (non-hydrogen) atoms. The lowest BCUT2D eigenvalue weighted by atomic mass is 10.3. The van der Waals surface area contributed by atoms with Gasteiger partial charge in [0.15, 0.2) is 0 Å². The summed E-state index contributed by atoms with van der Waals surface area (Å²) in [6.45, 7) is 3.67. The number of nitrogens with one attached hydrogen (secondary N) is 1. The molecule has 2 N–H and O–H groups in total. The second-order valence-corrected chi connectivity index (χ2v) is 4.11. The molecule has 0 spiro atoms. The molecule has 0 bridgehead atoms. The predicted molar refractivity (Wildman–Crippen MR) is 61.3 cm³/mol. The molecule has 0 aromatic carbocycles. The van der Waals surface area contributed by atoms with Gasteiger partial charge in [-0.25, -0.2) is 8.78 Å². The van der Waals surface area contributed by atoms with E-state index in [9.17, 15) is 13.6 Å². The van der Waals surface area contributed by atoms with Gasteiger partial charge in [0, 0.05) is 25.2 Å². The van der Waals surface area contributed by atoms with Crippen LogP contribution in [0.4, 0.5) is 8.78 Å². The van der Waals surface area contributed by atoms with Crippen molar-refractivity contribution >= 4 is 5.91 Å². The van der Waals surface area contributed by atoms with E-state index in [0.717, 1.165) is 11.4 Å². The number of nitrogens with zero attached hydrogens (tertiary/aromatic N) is 2. The van der Waals surface area contributed by atoms with Gasteiger partial charge < -0.3 is 10.4 Å². The summed E-state index contributed by atoms with van der Waals surface area (Å²) in [5, 5.41) is 15.2. The van der Waals surface area contributed by atoms with E-state index in [-0.39, 0.29) is 12.3 Å². The lowest BCUT2D eigenvalue weighted by Gasteiger charge is -2.10. The number of carbonyl (C=O) groups excluding carboxylic acids is 1. The fourth-order valence-corrected chi connectivity index (χ4v) is 1.50. The van der Waals surface area contributed by atoms with Crippen molar-refractivity contribution in [2.75, 3.05) is 6.54 Å². The van der Waals surface area contributed by atoms with Gasteiger partial charge in [-0.15, -0.1) is 0 Å². The van der Waals surface area contributed by atoms with Crippen molar-refractivity contribution in [2.45, 2.75) is 39.3 Å². The van der Waals surface area contributed by atoms with E-state index >= 15 is 0 Å². The molecular formula is C11H17F2N3O2. The number of hydrogen-bond acceptors (Lipinski definition) is 3. The van der Waals surface area contributed by atoms with Gasteiger partial charge in [0.2, 0.25) is 5.91 Å². The molecule has 0 fully saturated rings. The molecule has 1 amide bonds. The summed E-state index contributed by atoms with van der Waals surface area (Å²) >= 11 is 0. The zero-order valence-electron chi connectivity index (χ0n) is 10.4. The van der Waals surface area contributed by atoms with Gasteiger partial charge in [0.05, 0.1) is 5.69 Å². The Bertz CT molecular complexity index is 407. The number of alkyl halides is 2. The standard InChI is InChI=1S/C11H17F2N3O2/c1-7-5-8(2)16(15-7)4-3-10(18)14-6-9(17)11(12)13/h5,9,11,17H,3-4,6H2,1-2H3,(H,14,18).